The van der Waals surface area contributed by atoms with Gasteiger partial charge in [-0.15, -0.1) is 0 Å². The number of methoxy groups -OCH3 is 1. The molecular formula is C13H26N2O3. The summed E-state index contributed by atoms with van der Waals surface area (Å²) in [5, 5.41) is 13.3. The van der Waals surface area contributed by atoms with Gasteiger partial charge in [-0.25, -0.2) is 0 Å². The Labute approximate surface area is 109 Å². The summed E-state index contributed by atoms with van der Waals surface area (Å²) in [7, 11) is 1.73. The molecule has 2 unspecified atom stereocenters. The maximum absolute atomic E-state index is 9.96. The Hall–Kier alpha value is -0.200. The van der Waals surface area contributed by atoms with E-state index in [1.54, 1.807) is 7.11 Å². The molecule has 0 bridgehead atoms. The van der Waals surface area contributed by atoms with E-state index in [9.17, 15) is 5.11 Å². The monoisotopic (exact) mass is 258 g/mol. The lowest BCUT2D eigenvalue weighted by Crippen LogP contribution is -2.46. The van der Waals surface area contributed by atoms with Crippen LogP contribution in [0.15, 0.2) is 0 Å². The first-order valence-corrected chi connectivity index (χ1v) is 6.98. The molecule has 5 nitrogen and oxygen atoms in total. The van der Waals surface area contributed by atoms with E-state index in [2.05, 4.69) is 10.2 Å². The Kier molecular flexibility index (Phi) is 5.38. The number of rotatable bonds is 7. The van der Waals surface area contributed by atoms with E-state index in [0.29, 0.717) is 13.2 Å². The molecule has 2 rings (SSSR count). The molecule has 0 radical (unpaired) electrons. The first-order chi connectivity index (χ1) is 8.74. The van der Waals surface area contributed by atoms with Crippen LogP contribution in [0.5, 0.6) is 0 Å². The van der Waals surface area contributed by atoms with E-state index < -0.39 is 0 Å². The normalized spacial score (nSPS) is 31.0. The maximum atomic E-state index is 9.96. The SMILES string of the molecule is COC1(CNCC(O)CN2CCCC2)CCOC1. The molecule has 2 fully saturated rings. The second kappa shape index (κ2) is 6.82. The highest BCUT2D eigenvalue weighted by Gasteiger charge is 2.34. The molecule has 2 N–H and O–H groups in total. The van der Waals surface area contributed by atoms with Crippen molar-refractivity contribution in [1.82, 2.24) is 10.2 Å². The van der Waals surface area contributed by atoms with Crippen LogP contribution in [-0.4, -0.2) is 74.8 Å². The van der Waals surface area contributed by atoms with Gasteiger partial charge in [-0.1, -0.05) is 0 Å². The molecule has 0 aliphatic carbocycles. The van der Waals surface area contributed by atoms with Crippen molar-refractivity contribution in [2.45, 2.75) is 31.0 Å². The van der Waals surface area contributed by atoms with Crippen LogP contribution in [0.4, 0.5) is 0 Å². The Bertz CT molecular complexity index is 238. The molecule has 2 aliphatic rings. The van der Waals surface area contributed by atoms with Crippen molar-refractivity contribution in [3.8, 4) is 0 Å². The molecule has 0 aromatic carbocycles. The molecule has 2 aliphatic heterocycles. The van der Waals surface area contributed by atoms with E-state index in [4.69, 9.17) is 9.47 Å². The second-order valence-corrected chi connectivity index (χ2v) is 5.48. The van der Waals surface area contributed by atoms with Gasteiger partial charge in [-0.3, -0.25) is 0 Å². The summed E-state index contributed by atoms with van der Waals surface area (Å²) >= 11 is 0. The highest BCUT2D eigenvalue weighted by atomic mass is 16.5. The van der Waals surface area contributed by atoms with Crippen LogP contribution in [0.2, 0.25) is 0 Å². The fourth-order valence-electron chi connectivity index (χ4n) is 2.76. The Morgan fingerprint density at radius 3 is 2.83 bits per heavy atom. The molecule has 0 aromatic heterocycles. The van der Waals surface area contributed by atoms with Crippen LogP contribution >= 0.6 is 0 Å². The van der Waals surface area contributed by atoms with Crippen molar-refractivity contribution in [2.75, 3.05) is 53.0 Å². The van der Waals surface area contributed by atoms with Crippen LogP contribution in [-0.2, 0) is 9.47 Å². The van der Waals surface area contributed by atoms with E-state index in [-0.39, 0.29) is 11.7 Å². The van der Waals surface area contributed by atoms with Gasteiger partial charge in [0.05, 0.1) is 12.7 Å². The molecule has 2 saturated heterocycles. The minimum Gasteiger partial charge on any atom is -0.390 e. The maximum Gasteiger partial charge on any atom is 0.106 e. The van der Waals surface area contributed by atoms with Gasteiger partial charge in [0.2, 0.25) is 0 Å². The van der Waals surface area contributed by atoms with Crippen LogP contribution in [0.1, 0.15) is 19.3 Å². The fraction of sp³-hybridized carbons (Fsp3) is 1.00. The van der Waals surface area contributed by atoms with Gasteiger partial charge in [0.15, 0.2) is 0 Å². The average Bonchev–Trinajstić information content (AvgIpc) is 3.01. The molecule has 0 amide bonds. The number of aliphatic hydroxyl groups excluding tert-OH is 1. The summed E-state index contributed by atoms with van der Waals surface area (Å²) in [6.07, 6.45) is 3.17. The number of nitrogens with zero attached hydrogens (tertiary/aromatic N) is 1. The molecule has 18 heavy (non-hydrogen) atoms. The van der Waals surface area contributed by atoms with Crippen molar-refractivity contribution < 1.29 is 14.6 Å². The Morgan fingerprint density at radius 1 is 1.44 bits per heavy atom. The van der Waals surface area contributed by atoms with Crippen molar-refractivity contribution in [3.63, 3.8) is 0 Å². The largest absolute Gasteiger partial charge is 0.390 e. The summed E-state index contributed by atoms with van der Waals surface area (Å²) in [6.45, 7) is 5.84. The summed E-state index contributed by atoms with van der Waals surface area (Å²) < 4.78 is 10.9. The molecule has 5 heteroatoms. The molecule has 0 spiro atoms. The smallest absolute Gasteiger partial charge is 0.106 e. The quantitative estimate of drug-likeness (QED) is 0.664. The van der Waals surface area contributed by atoms with Crippen LogP contribution in [0.3, 0.4) is 0 Å². The zero-order valence-electron chi connectivity index (χ0n) is 11.4. The van der Waals surface area contributed by atoms with Crippen molar-refractivity contribution in [3.05, 3.63) is 0 Å². The van der Waals surface area contributed by atoms with Gasteiger partial charge in [0.1, 0.15) is 5.60 Å². The lowest BCUT2D eigenvalue weighted by Gasteiger charge is -2.27. The number of hydrogen-bond donors (Lipinski definition) is 2. The van der Waals surface area contributed by atoms with Gasteiger partial charge in [-0.2, -0.15) is 0 Å². The third-order valence-corrected chi connectivity index (χ3v) is 3.99. The number of likely N-dealkylation sites (tertiary alicyclic amines) is 1. The highest BCUT2D eigenvalue weighted by Crippen LogP contribution is 2.21. The highest BCUT2D eigenvalue weighted by molar-refractivity contribution is 4.87. The number of β-amino-alcohol motifs (C(OH)–C–C–N with tert-alkyl or cyclic N) is 1. The van der Waals surface area contributed by atoms with E-state index in [1.165, 1.54) is 12.8 Å². The summed E-state index contributed by atoms with van der Waals surface area (Å²) in [4.78, 5) is 2.33. The predicted octanol–water partition coefficient (Wildman–Crippen LogP) is -0.162. The van der Waals surface area contributed by atoms with E-state index in [0.717, 1.165) is 39.2 Å². The molecule has 0 aromatic rings. The third-order valence-electron chi connectivity index (χ3n) is 3.99. The van der Waals surface area contributed by atoms with Gasteiger partial charge in [0, 0.05) is 39.8 Å². The molecule has 0 saturated carbocycles. The van der Waals surface area contributed by atoms with E-state index in [1.807, 2.05) is 0 Å². The average molecular weight is 258 g/mol. The molecule has 2 heterocycles. The standard InChI is InChI=1S/C13H26N2O3/c1-17-13(4-7-18-11-13)10-14-8-12(16)9-15-5-2-3-6-15/h12,14,16H,2-11H2,1H3. The minimum absolute atomic E-state index is 0.187. The summed E-state index contributed by atoms with van der Waals surface area (Å²) in [5.74, 6) is 0. The van der Waals surface area contributed by atoms with Gasteiger partial charge in [-0.05, 0) is 25.9 Å². The van der Waals surface area contributed by atoms with Crippen molar-refractivity contribution in [1.29, 1.82) is 0 Å². The topological polar surface area (TPSA) is 54.0 Å². The number of nitrogens with one attached hydrogen (secondary N) is 1. The zero-order chi connectivity index (χ0) is 12.8. The van der Waals surface area contributed by atoms with Gasteiger partial charge < -0.3 is 24.8 Å². The number of ether oxygens (including phenoxy) is 2. The van der Waals surface area contributed by atoms with Gasteiger partial charge >= 0.3 is 0 Å². The van der Waals surface area contributed by atoms with Crippen molar-refractivity contribution in [2.24, 2.45) is 0 Å². The summed E-state index contributed by atoms with van der Waals surface area (Å²) in [5.41, 5.74) is -0.187. The zero-order valence-corrected chi connectivity index (χ0v) is 11.4. The lowest BCUT2D eigenvalue weighted by molar-refractivity contribution is -0.0177. The van der Waals surface area contributed by atoms with Crippen LogP contribution in [0, 0.1) is 0 Å². The van der Waals surface area contributed by atoms with E-state index >= 15 is 0 Å². The molecule has 2 atom stereocenters. The molecular weight excluding hydrogens is 232 g/mol. The fourth-order valence-corrected chi connectivity index (χ4v) is 2.76. The minimum atomic E-state index is -0.292. The lowest BCUT2D eigenvalue weighted by atomic mass is 10.0. The second-order valence-electron chi connectivity index (χ2n) is 5.48. The van der Waals surface area contributed by atoms with Crippen LogP contribution in [0.25, 0.3) is 0 Å². The van der Waals surface area contributed by atoms with Gasteiger partial charge in [0.25, 0.3) is 0 Å². The number of aliphatic hydroxyl groups is 1. The van der Waals surface area contributed by atoms with Crippen molar-refractivity contribution >= 4 is 0 Å². The molecule has 106 valence electrons. The Balaban J connectivity index is 1.61. The van der Waals surface area contributed by atoms with Crippen LogP contribution < -0.4 is 5.32 Å². The number of hydrogen-bond acceptors (Lipinski definition) is 5. The first-order valence-electron chi connectivity index (χ1n) is 6.98. The predicted molar refractivity (Wildman–Crippen MR) is 69.7 cm³/mol. The third kappa shape index (κ3) is 3.90. The first kappa shape index (κ1) is 14.2. The Morgan fingerprint density at radius 2 is 2.22 bits per heavy atom. The summed E-state index contributed by atoms with van der Waals surface area (Å²) in [6, 6.07) is 0.